The third-order valence-electron chi connectivity index (χ3n) is 3.73. The Morgan fingerprint density at radius 3 is 2.44 bits per heavy atom. The van der Waals surface area contributed by atoms with Crippen LogP contribution >= 0.6 is 0 Å². The van der Waals surface area contributed by atoms with Crippen LogP contribution in [0, 0.1) is 11.8 Å². The minimum Gasteiger partial charge on any atom is -0.390 e. The lowest BCUT2D eigenvalue weighted by Gasteiger charge is -2.30. The summed E-state index contributed by atoms with van der Waals surface area (Å²) in [7, 11) is 1.66. The van der Waals surface area contributed by atoms with Gasteiger partial charge in [0.25, 0.3) is 0 Å². The van der Waals surface area contributed by atoms with Crippen LogP contribution in [0.2, 0.25) is 0 Å². The number of hydrogen-bond acceptors (Lipinski definition) is 3. The van der Waals surface area contributed by atoms with Gasteiger partial charge in [0.1, 0.15) is 0 Å². The van der Waals surface area contributed by atoms with Crippen LogP contribution < -0.4 is 0 Å². The Morgan fingerprint density at radius 2 is 1.88 bits per heavy atom. The molecule has 1 saturated carbocycles. The Balaban J connectivity index is 2.10. The van der Waals surface area contributed by atoms with Crippen LogP contribution in [-0.2, 0) is 9.47 Å². The van der Waals surface area contributed by atoms with E-state index in [9.17, 15) is 5.11 Å². The largest absolute Gasteiger partial charge is 0.390 e. The molecular weight excluding hydrogens is 204 g/mol. The molecule has 0 aliphatic heterocycles. The number of methoxy groups -OCH3 is 1. The molecule has 1 atom stereocenters. The topological polar surface area (TPSA) is 38.7 Å². The molecule has 3 nitrogen and oxygen atoms in total. The maximum Gasteiger partial charge on any atom is 0.0801 e. The smallest absolute Gasteiger partial charge is 0.0801 e. The third-order valence-corrected chi connectivity index (χ3v) is 3.73. The Labute approximate surface area is 99.1 Å². The van der Waals surface area contributed by atoms with Crippen molar-refractivity contribution in [2.75, 3.05) is 26.9 Å². The molecule has 1 fully saturated rings. The van der Waals surface area contributed by atoms with Crippen LogP contribution in [0.1, 0.15) is 39.0 Å². The van der Waals surface area contributed by atoms with E-state index in [4.69, 9.17) is 9.47 Å². The molecule has 1 rings (SSSR count). The average Bonchev–Trinajstić information content (AvgIpc) is 2.34. The van der Waals surface area contributed by atoms with Crippen molar-refractivity contribution < 1.29 is 14.6 Å². The molecule has 0 aromatic carbocycles. The van der Waals surface area contributed by atoms with Crippen molar-refractivity contribution in [3.05, 3.63) is 0 Å². The summed E-state index contributed by atoms with van der Waals surface area (Å²) in [5.74, 6) is 1.34. The molecule has 1 N–H and O–H groups in total. The summed E-state index contributed by atoms with van der Waals surface area (Å²) in [6.45, 7) is 3.91. The fraction of sp³-hybridized carbons (Fsp3) is 1.00. The second-order valence-electron chi connectivity index (χ2n) is 4.82. The quantitative estimate of drug-likeness (QED) is 0.682. The molecule has 0 amide bonds. The zero-order valence-corrected chi connectivity index (χ0v) is 10.7. The van der Waals surface area contributed by atoms with Gasteiger partial charge in [0, 0.05) is 7.11 Å². The Kier molecular flexibility index (Phi) is 7.01. The SMILES string of the molecule is CCC1CCC(C(O)COCCOC)CC1. The molecule has 1 unspecified atom stereocenters. The molecule has 0 spiro atoms. The summed E-state index contributed by atoms with van der Waals surface area (Å²) in [5.41, 5.74) is 0. The van der Waals surface area contributed by atoms with E-state index >= 15 is 0 Å². The van der Waals surface area contributed by atoms with Crippen molar-refractivity contribution in [3.8, 4) is 0 Å². The number of aliphatic hydroxyl groups excluding tert-OH is 1. The van der Waals surface area contributed by atoms with E-state index in [1.165, 1.54) is 19.3 Å². The van der Waals surface area contributed by atoms with Gasteiger partial charge < -0.3 is 14.6 Å². The maximum absolute atomic E-state index is 9.97. The summed E-state index contributed by atoms with van der Waals surface area (Å²) >= 11 is 0. The second-order valence-corrected chi connectivity index (χ2v) is 4.82. The molecule has 16 heavy (non-hydrogen) atoms. The van der Waals surface area contributed by atoms with Crippen LogP contribution in [-0.4, -0.2) is 38.1 Å². The van der Waals surface area contributed by atoms with E-state index in [1.54, 1.807) is 7.11 Å². The number of ether oxygens (including phenoxy) is 2. The molecule has 1 aliphatic carbocycles. The normalized spacial score (nSPS) is 27.9. The van der Waals surface area contributed by atoms with E-state index in [0.29, 0.717) is 25.7 Å². The first kappa shape index (κ1) is 13.9. The fourth-order valence-corrected chi connectivity index (χ4v) is 2.46. The minimum absolute atomic E-state index is 0.283. The fourth-order valence-electron chi connectivity index (χ4n) is 2.46. The average molecular weight is 230 g/mol. The third kappa shape index (κ3) is 4.81. The number of hydrogen-bond donors (Lipinski definition) is 1. The highest BCUT2D eigenvalue weighted by atomic mass is 16.5. The van der Waals surface area contributed by atoms with Gasteiger partial charge in [-0.1, -0.05) is 26.2 Å². The lowest BCUT2D eigenvalue weighted by Crippen LogP contribution is -2.30. The van der Waals surface area contributed by atoms with Crippen molar-refractivity contribution in [2.45, 2.75) is 45.1 Å². The van der Waals surface area contributed by atoms with Gasteiger partial charge in [-0.15, -0.1) is 0 Å². The molecule has 1 aliphatic rings. The summed E-state index contributed by atoms with van der Waals surface area (Å²) in [6, 6.07) is 0. The van der Waals surface area contributed by atoms with Gasteiger partial charge in [-0.3, -0.25) is 0 Å². The van der Waals surface area contributed by atoms with Crippen molar-refractivity contribution in [2.24, 2.45) is 11.8 Å². The molecule has 0 aromatic heterocycles. The molecule has 3 heteroatoms. The lowest BCUT2D eigenvalue weighted by atomic mass is 9.78. The van der Waals surface area contributed by atoms with Gasteiger partial charge in [-0.2, -0.15) is 0 Å². The van der Waals surface area contributed by atoms with E-state index < -0.39 is 0 Å². The minimum atomic E-state index is -0.283. The van der Waals surface area contributed by atoms with Crippen LogP contribution in [0.15, 0.2) is 0 Å². The van der Waals surface area contributed by atoms with Gasteiger partial charge >= 0.3 is 0 Å². The van der Waals surface area contributed by atoms with Crippen molar-refractivity contribution in [1.29, 1.82) is 0 Å². The first-order chi connectivity index (χ1) is 7.77. The number of aliphatic hydroxyl groups is 1. The zero-order chi connectivity index (χ0) is 11.8. The summed E-state index contributed by atoms with van der Waals surface area (Å²) in [4.78, 5) is 0. The van der Waals surface area contributed by atoms with Crippen LogP contribution in [0.5, 0.6) is 0 Å². The lowest BCUT2D eigenvalue weighted by molar-refractivity contribution is -0.0214. The second kappa shape index (κ2) is 8.04. The van der Waals surface area contributed by atoms with Gasteiger partial charge in [-0.25, -0.2) is 0 Å². The first-order valence-corrected chi connectivity index (χ1v) is 6.52. The molecule has 0 aromatic rings. The van der Waals surface area contributed by atoms with Gasteiger partial charge in [0.05, 0.1) is 25.9 Å². The number of rotatable bonds is 7. The van der Waals surface area contributed by atoms with Gasteiger partial charge in [0.2, 0.25) is 0 Å². The van der Waals surface area contributed by atoms with E-state index in [0.717, 1.165) is 18.8 Å². The van der Waals surface area contributed by atoms with Crippen molar-refractivity contribution in [1.82, 2.24) is 0 Å². The molecule has 0 heterocycles. The highest BCUT2D eigenvalue weighted by molar-refractivity contribution is 4.76. The molecule has 0 radical (unpaired) electrons. The Hall–Kier alpha value is -0.120. The molecule has 0 bridgehead atoms. The molecule has 0 saturated heterocycles. The molecular formula is C13H26O3. The highest BCUT2D eigenvalue weighted by Gasteiger charge is 2.25. The predicted octanol–water partition coefficient (Wildman–Crippen LogP) is 2.23. The summed E-state index contributed by atoms with van der Waals surface area (Å²) in [5, 5.41) is 9.97. The Bertz CT molecular complexity index is 165. The highest BCUT2D eigenvalue weighted by Crippen LogP contribution is 2.32. The maximum atomic E-state index is 9.97. The van der Waals surface area contributed by atoms with Crippen LogP contribution in [0.25, 0.3) is 0 Å². The van der Waals surface area contributed by atoms with Crippen molar-refractivity contribution in [3.63, 3.8) is 0 Å². The summed E-state index contributed by atoms with van der Waals surface area (Å²) in [6.07, 6.45) is 5.87. The molecule has 96 valence electrons. The van der Waals surface area contributed by atoms with E-state index in [-0.39, 0.29) is 6.10 Å². The summed E-state index contributed by atoms with van der Waals surface area (Å²) < 4.78 is 10.3. The van der Waals surface area contributed by atoms with Gasteiger partial charge in [-0.05, 0) is 24.7 Å². The van der Waals surface area contributed by atoms with Crippen LogP contribution in [0.4, 0.5) is 0 Å². The first-order valence-electron chi connectivity index (χ1n) is 6.52. The van der Waals surface area contributed by atoms with E-state index in [2.05, 4.69) is 6.92 Å². The monoisotopic (exact) mass is 230 g/mol. The standard InChI is InChI=1S/C13H26O3/c1-3-11-4-6-12(7-5-11)13(14)10-16-9-8-15-2/h11-14H,3-10H2,1-2H3. The Morgan fingerprint density at radius 1 is 1.19 bits per heavy atom. The van der Waals surface area contributed by atoms with E-state index in [1.807, 2.05) is 0 Å². The van der Waals surface area contributed by atoms with Gasteiger partial charge in [0.15, 0.2) is 0 Å². The zero-order valence-electron chi connectivity index (χ0n) is 10.7. The van der Waals surface area contributed by atoms with Crippen LogP contribution in [0.3, 0.4) is 0 Å². The predicted molar refractivity (Wildman–Crippen MR) is 64.4 cm³/mol. The van der Waals surface area contributed by atoms with Crippen molar-refractivity contribution >= 4 is 0 Å².